The third kappa shape index (κ3) is 3.43. The molecular formula is C11H16N2O5S. The molecule has 19 heavy (non-hydrogen) atoms. The van der Waals surface area contributed by atoms with Crippen LogP contribution in [0.1, 0.15) is 10.4 Å². The van der Waals surface area contributed by atoms with E-state index in [0.29, 0.717) is 5.69 Å². The number of nitrogens with zero attached hydrogens (tertiary/aromatic N) is 2. The molecule has 106 valence electrons. The van der Waals surface area contributed by atoms with Gasteiger partial charge in [0.25, 0.3) is 0 Å². The fourth-order valence-corrected chi connectivity index (χ4v) is 2.53. The molecule has 0 bridgehead atoms. The summed E-state index contributed by atoms with van der Waals surface area (Å²) in [6, 6.07) is 5.40. The summed E-state index contributed by atoms with van der Waals surface area (Å²) in [4.78, 5) is 10.7. The van der Waals surface area contributed by atoms with Crippen molar-refractivity contribution >= 4 is 21.9 Å². The maximum atomic E-state index is 12.1. The van der Waals surface area contributed by atoms with Crippen LogP contribution in [0.15, 0.2) is 24.3 Å². The van der Waals surface area contributed by atoms with Gasteiger partial charge in [-0.25, -0.2) is 4.79 Å². The predicted octanol–water partition coefficient (Wildman–Crippen LogP) is -0.0101. The minimum atomic E-state index is -3.73. The fourth-order valence-electron chi connectivity index (χ4n) is 1.44. The van der Waals surface area contributed by atoms with Gasteiger partial charge in [0, 0.05) is 14.1 Å². The minimum absolute atomic E-state index is 0.0648. The number of benzene rings is 1. The smallest absolute Gasteiger partial charge is 0.335 e. The predicted molar refractivity (Wildman–Crippen MR) is 70.4 cm³/mol. The van der Waals surface area contributed by atoms with Crippen molar-refractivity contribution in [3.63, 3.8) is 0 Å². The Morgan fingerprint density at radius 1 is 1.21 bits per heavy atom. The molecule has 0 heterocycles. The number of rotatable bonds is 6. The molecule has 0 radical (unpaired) electrons. The molecule has 0 aromatic heterocycles. The van der Waals surface area contributed by atoms with Crippen molar-refractivity contribution in [2.45, 2.75) is 0 Å². The van der Waals surface area contributed by atoms with E-state index in [1.807, 2.05) is 0 Å². The van der Waals surface area contributed by atoms with Gasteiger partial charge in [-0.3, -0.25) is 4.31 Å². The van der Waals surface area contributed by atoms with Crippen LogP contribution in [0.5, 0.6) is 0 Å². The number of hydrogen-bond donors (Lipinski definition) is 2. The van der Waals surface area contributed by atoms with E-state index in [1.165, 1.54) is 38.4 Å². The number of carbonyl (C=O) groups is 1. The summed E-state index contributed by atoms with van der Waals surface area (Å²) in [6.07, 6.45) is 0. The second-order valence-electron chi connectivity index (χ2n) is 3.94. The molecular weight excluding hydrogens is 272 g/mol. The minimum Gasteiger partial charge on any atom is -0.478 e. The Kier molecular flexibility index (Phi) is 4.87. The molecule has 8 heteroatoms. The van der Waals surface area contributed by atoms with Gasteiger partial charge < -0.3 is 10.2 Å². The Hall–Kier alpha value is -1.64. The zero-order valence-corrected chi connectivity index (χ0v) is 11.5. The Morgan fingerprint density at radius 2 is 1.74 bits per heavy atom. The van der Waals surface area contributed by atoms with Crippen LogP contribution in [0, 0.1) is 0 Å². The molecule has 0 atom stereocenters. The lowest BCUT2D eigenvalue weighted by Gasteiger charge is -2.26. The van der Waals surface area contributed by atoms with Crippen molar-refractivity contribution in [3.8, 4) is 0 Å². The lowest BCUT2D eigenvalue weighted by molar-refractivity contribution is 0.0697. The largest absolute Gasteiger partial charge is 0.478 e. The summed E-state index contributed by atoms with van der Waals surface area (Å²) < 4.78 is 26.2. The van der Waals surface area contributed by atoms with Crippen LogP contribution in [0.3, 0.4) is 0 Å². The van der Waals surface area contributed by atoms with Gasteiger partial charge in [-0.05, 0) is 24.3 Å². The average Bonchev–Trinajstić information content (AvgIpc) is 2.35. The van der Waals surface area contributed by atoms with Crippen LogP contribution >= 0.6 is 0 Å². The van der Waals surface area contributed by atoms with E-state index in [0.717, 1.165) is 8.61 Å². The number of carboxylic acid groups (broad SMARTS) is 1. The average molecular weight is 288 g/mol. The van der Waals surface area contributed by atoms with Crippen LogP contribution in [-0.4, -0.2) is 56.2 Å². The number of aliphatic hydroxyl groups is 1. The third-order valence-corrected chi connectivity index (χ3v) is 4.32. The Balaban J connectivity index is 3.17. The zero-order valence-electron chi connectivity index (χ0n) is 10.6. The lowest BCUT2D eigenvalue weighted by Crippen LogP contribution is -2.41. The highest BCUT2D eigenvalue weighted by molar-refractivity contribution is 7.90. The molecule has 0 fully saturated rings. The Labute approximate surface area is 111 Å². The van der Waals surface area contributed by atoms with Crippen LogP contribution in [0.2, 0.25) is 0 Å². The van der Waals surface area contributed by atoms with E-state index in [-0.39, 0.29) is 18.7 Å². The molecule has 0 spiro atoms. The van der Waals surface area contributed by atoms with Crippen molar-refractivity contribution in [2.24, 2.45) is 0 Å². The van der Waals surface area contributed by atoms with Gasteiger partial charge in [0.05, 0.1) is 24.4 Å². The Morgan fingerprint density at radius 3 is 2.11 bits per heavy atom. The van der Waals surface area contributed by atoms with Gasteiger partial charge in [0.15, 0.2) is 0 Å². The normalized spacial score (nSPS) is 11.6. The molecule has 7 nitrogen and oxygen atoms in total. The summed E-state index contributed by atoms with van der Waals surface area (Å²) in [5, 5.41) is 17.8. The first kappa shape index (κ1) is 15.4. The highest BCUT2D eigenvalue weighted by Crippen LogP contribution is 2.19. The SMILES string of the molecule is CN(C)S(=O)(=O)N(CCO)c1ccc(C(=O)O)cc1. The molecule has 0 aliphatic carbocycles. The second-order valence-corrected chi connectivity index (χ2v) is 6.00. The monoisotopic (exact) mass is 288 g/mol. The topological polar surface area (TPSA) is 98.2 Å². The van der Waals surface area contributed by atoms with Gasteiger partial charge in [-0.2, -0.15) is 12.7 Å². The lowest BCUT2D eigenvalue weighted by atomic mass is 10.2. The van der Waals surface area contributed by atoms with E-state index in [4.69, 9.17) is 10.2 Å². The van der Waals surface area contributed by atoms with Crippen molar-refractivity contribution in [3.05, 3.63) is 29.8 Å². The second kappa shape index (κ2) is 6.00. The van der Waals surface area contributed by atoms with Gasteiger partial charge in [-0.15, -0.1) is 0 Å². The van der Waals surface area contributed by atoms with E-state index in [9.17, 15) is 13.2 Å². The third-order valence-electron chi connectivity index (χ3n) is 2.45. The maximum Gasteiger partial charge on any atom is 0.335 e. The summed E-state index contributed by atoms with van der Waals surface area (Å²) in [7, 11) is -0.967. The summed E-state index contributed by atoms with van der Waals surface area (Å²) in [5.41, 5.74) is 0.364. The number of aliphatic hydroxyl groups excluding tert-OH is 1. The van der Waals surface area contributed by atoms with Crippen molar-refractivity contribution in [2.75, 3.05) is 31.6 Å². The van der Waals surface area contributed by atoms with Crippen molar-refractivity contribution < 1.29 is 23.4 Å². The molecule has 0 saturated carbocycles. The van der Waals surface area contributed by atoms with Gasteiger partial charge in [0.1, 0.15) is 0 Å². The summed E-state index contributed by atoms with van der Waals surface area (Å²) in [6.45, 7) is -0.444. The molecule has 0 saturated heterocycles. The van der Waals surface area contributed by atoms with Gasteiger partial charge in [0.2, 0.25) is 0 Å². The summed E-state index contributed by atoms with van der Waals surface area (Å²) >= 11 is 0. The summed E-state index contributed by atoms with van der Waals surface area (Å²) in [5.74, 6) is -1.09. The molecule has 0 unspecified atom stereocenters. The standard InChI is InChI=1S/C11H16N2O5S/c1-12(2)19(17,18)13(7-8-14)10-5-3-9(4-6-10)11(15)16/h3-6,14H,7-8H2,1-2H3,(H,15,16). The first-order valence-electron chi connectivity index (χ1n) is 5.45. The number of anilines is 1. The van der Waals surface area contributed by atoms with Gasteiger partial charge in [-0.1, -0.05) is 0 Å². The molecule has 0 aliphatic rings. The van der Waals surface area contributed by atoms with Crippen molar-refractivity contribution in [1.29, 1.82) is 0 Å². The van der Waals surface area contributed by atoms with Crippen LogP contribution in [-0.2, 0) is 10.2 Å². The maximum absolute atomic E-state index is 12.1. The van der Waals surface area contributed by atoms with E-state index < -0.39 is 16.2 Å². The zero-order chi connectivity index (χ0) is 14.6. The van der Waals surface area contributed by atoms with E-state index >= 15 is 0 Å². The molecule has 1 aromatic rings. The first-order chi connectivity index (χ1) is 8.80. The number of hydrogen-bond acceptors (Lipinski definition) is 4. The van der Waals surface area contributed by atoms with Crippen molar-refractivity contribution in [1.82, 2.24) is 4.31 Å². The van der Waals surface area contributed by atoms with E-state index in [2.05, 4.69) is 0 Å². The number of carboxylic acids is 1. The van der Waals surface area contributed by atoms with E-state index in [1.54, 1.807) is 0 Å². The molecule has 1 rings (SSSR count). The Bertz CT molecular complexity index is 539. The quantitative estimate of drug-likeness (QED) is 0.767. The first-order valence-corrected chi connectivity index (χ1v) is 6.85. The molecule has 0 amide bonds. The van der Waals surface area contributed by atoms with Gasteiger partial charge >= 0.3 is 16.2 Å². The van der Waals surface area contributed by atoms with Crippen LogP contribution in [0.4, 0.5) is 5.69 Å². The fraction of sp³-hybridized carbons (Fsp3) is 0.364. The highest BCUT2D eigenvalue weighted by atomic mass is 32.2. The highest BCUT2D eigenvalue weighted by Gasteiger charge is 2.24. The number of aromatic carboxylic acids is 1. The van der Waals surface area contributed by atoms with Crippen LogP contribution in [0.25, 0.3) is 0 Å². The van der Waals surface area contributed by atoms with Crippen LogP contribution < -0.4 is 4.31 Å². The molecule has 0 aliphatic heterocycles. The molecule has 2 N–H and O–H groups in total. The molecule has 1 aromatic carbocycles.